The van der Waals surface area contributed by atoms with Crippen LogP contribution in [0.5, 0.6) is 0 Å². The minimum Gasteiger partial charge on any atom is -0.462 e. The lowest BCUT2D eigenvalue weighted by atomic mass is 10.1. The Bertz CT molecular complexity index is 842. The fourth-order valence-corrected chi connectivity index (χ4v) is 3.90. The largest absolute Gasteiger partial charge is 0.462 e. The van der Waals surface area contributed by atoms with Crippen molar-refractivity contribution in [3.63, 3.8) is 0 Å². The molecule has 3 aromatic heterocycles. The minimum atomic E-state index is -0.446. The summed E-state index contributed by atoms with van der Waals surface area (Å²) in [5.41, 5.74) is 1.44. The number of carbonyl (C=O) groups is 2. The van der Waals surface area contributed by atoms with Gasteiger partial charge in [0.1, 0.15) is 16.3 Å². The summed E-state index contributed by atoms with van der Waals surface area (Å²) < 4.78 is 5.16. The van der Waals surface area contributed by atoms with Crippen molar-refractivity contribution in [3.05, 3.63) is 58.5 Å². The van der Waals surface area contributed by atoms with E-state index >= 15 is 0 Å². The van der Waals surface area contributed by atoms with Crippen molar-refractivity contribution in [3.8, 4) is 10.4 Å². The fourth-order valence-electron chi connectivity index (χ4n) is 2.13. The Balaban J connectivity index is 1.96. The van der Waals surface area contributed by atoms with E-state index in [0.717, 1.165) is 10.4 Å². The summed E-state index contributed by atoms with van der Waals surface area (Å²) in [5.74, 6) is -0.806. The van der Waals surface area contributed by atoms with Crippen molar-refractivity contribution in [1.82, 2.24) is 4.98 Å². The van der Waals surface area contributed by atoms with E-state index in [1.165, 1.54) is 22.7 Å². The number of pyridine rings is 1. The highest BCUT2D eigenvalue weighted by molar-refractivity contribution is 7.17. The molecule has 7 heteroatoms. The predicted molar refractivity (Wildman–Crippen MR) is 95.8 cm³/mol. The maximum atomic E-state index is 12.4. The first-order valence-electron chi connectivity index (χ1n) is 7.25. The standard InChI is InChI=1S/C17H14N2O3S2/c1-2-22-17(21)14-11(13-7-5-9-23-13)10-24-16(14)19-15(20)12-6-3-4-8-18-12/h3-10H,2H2,1H3,(H,19,20). The monoisotopic (exact) mass is 358 g/mol. The molecule has 0 aliphatic carbocycles. The molecule has 0 atom stereocenters. The number of hydrogen-bond donors (Lipinski definition) is 1. The zero-order valence-electron chi connectivity index (χ0n) is 12.8. The third kappa shape index (κ3) is 3.37. The number of anilines is 1. The quantitative estimate of drug-likeness (QED) is 0.691. The molecule has 3 aromatic rings. The lowest BCUT2D eigenvalue weighted by Gasteiger charge is -2.07. The third-order valence-electron chi connectivity index (χ3n) is 3.18. The van der Waals surface area contributed by atoms with Crippen molar-refractivity contribution < 1.29 is 14.3 Å². The van der Waals surface area contributed by atoms with Crippen LogP contribution in [0.2, 0.25) is 0 Å². The van der Waals surface area contributed by atoms with Gasteiger partial charge in [-0.05, 0) is 30.5 Å². The van der Waals surface area contributed by atoms with Crippen LogP contribution in [0.4, 0.5) is 5.00 Å². The van der Waals surface area contributed by atoms with Gasteiger partial charge in [0.15, 0.2) is 0 Å². The molecule has 24 heavy (non-hydrogen) atoms. The predicted octanol–water partition coefficient (Wildman–Crippen LogP) is 4.30. The molecule has 1 amide bonds. The molecule has 0 saturated heterocycles. The van der Waals surface area contributed by atoms with Crippen LogP contribution in [0.25, 0.3) is 10.4 Å². The van der Waals surface area contributed by atoms with E-state index in [-0.39, 0.29) is 12.5 Å². The zero-order chi connectivity index (χ0) is 16.9. The molecule has 1 N–H and O–H groups in total. The summed E-state index contributed by atoms with van der Waals surface area (Å²) >= 11 is 2.83. The van der Waals surface area contributed by atoms with Crippen LogP contribution in [-0.2, 0) is 4.74 Å². The molecule has 0 fully saturated rings. The molecule has 0 bridgehead atoms. The van der Waals surface area contributed by atoms with Gasteiger partial charge in [-0.1, -0.05) is 12.1 Å². The van der Waals surface area contributed by atoms with Crippen LogP contribution in [0.15, 0.2) is 47.3 Å². The number of nitrogens with one attached hydrogen (secondary N) is 1. The number of nitrogens with zero attached hydrogens (tertiary/aromatic N) is 1. The molecule has 0 aromatic carbocycles. The third-order valence-corrected chi connectivity index (χ3v) is 4.98. The Labute approximate surface area is 146 Å². The normalized spacial score (nSPS) is 10.4. The summed E-state index contributed by atoms with van der Waals surface area (Å²) in [4.78, 5) is 29.7. The summed E-state index contributed by atoms with van der Waals surface area (Å²) in [6.07, 6.45) is 1.55. The fraction of sp³-hybridized carbons (Fsp3) is 0.118. The van der Waals surface area contributed by atoms with Gasteiger partial charge in [0.25, 0.3) is 5.91 Å². The molecule has 3 heterocycles. The van der Waals surface area contributed by atoms with Crippen molar-refractivity contribution >= 4 is 39.6 Å². The van der Waals surface area contributed by atoms with E-state index < -0.39 is 5.97 Å². The molecule has 0 radical (unpaired) electrons. The van der Waals surface area contributed by atoms with E-state index in [1.54, 1.807) is 31.3 Å². The number of esters is 1. The van der Waals surface area contributed by atoms with E-state index in [1.807, 2.05) is 22.9 Å². The Morgan fingerprint density at radius 3 is 2.75 bits per heavy atom. The van der Waals surface area contributed by atoms with Crippen molar-refractivity contribution in [2.45, 2.75) is 6.92 Å². The van der Waals surface area contributed by atoms with Gasteiger partial charge in [-0.3, -0.25) is 9.78 Å². The molecular formula is C17H14N2O3S2. The van der Waals surface area contributed by atoms with Gasteiger partial charge in [-0.15, -0.1) is 22.7 Å². The Hall–Kier alpha value is -2.51. The lowest BCUT2D eigenvalue weighted by molar-refractivity contribution is 0.0529. The van der Waals surface area contributed by atoms with Crippen molar-refractivity contribution in [2.75, 3.05) is 11.9 Å². The van der Waals surface area contributed by atoms with Gasteiger partial charge in [-0.2, -0.15) is 0 Å². The van der Waals surface area contributed by atoms with Gasteiger partial charge in [0.05, 0.1) is 6.61 Å². The molecule has 5 nitrogen and oxygen atoms in total. The van der Waals surface area contributed by atoms with Gasteiger partial charge in [0.2, 0.25) is 0 Å². The molecule has 0 spiro atoms. The van der Waals surface area contributed by atoms with E-state index in [0.29, 0.717) is 16.3 Å². The first-order chi connectivity index (χ1) is 11.7. The Morgan fingerprint density at radius 2 is 2.08 bits per heavy atom. The minimum absolute atomic E-state index is 0.270. The SMILES string of the molecule is CCOC(=O)c1c(-c2cccs2)csc1NC(=O)c1ccccn1. The number of carbonyl (C=O) groups excluding carboxylic acids is 2. The van der Waals surface area contributed by atoms with Crippen LogP contribution in [-0.4, -0.2) is 23.5 Å². The highest BCUT2D eigenvalue weighted by Crippen LogP contribution is 2.38. The summed E-state index contributed by atoms with van der Waals surface area (Å²) in [6.45, 7) is 2.02. The highest BCUT2D eigenvalue weighted by atomic mass is 32.1. The van der Waals surface area contributed by atoms with Crippen LogP contribution in [0, 0.1) is 0 Å². The molecule has 0 aliphatic heterocycles. The zero-order valence-corrected chi connectivity index (χ0v) is 14.4. The number of aromatic nitrogens is 1. The van der Waals surface area contributed by atoms with Gasteiger partial charge < -0.3 is 10.1 Å². The van der Waals surface area contributed by atoms with Crippen LogP contribution < -0.4 is 5.32 Å². The lowest BCUT2D eigenvalue weighted by Crippen LogP contribution is -2.15. The molecule has 0 unspecified atom stereocenters. The smallest absolute Gasteiger partial charge is 0.341 e. The molecule has 122 valence electrons. The molecule has 0 aliphatic rings. The second-order valence-corrected chi connectivity index (χ2v) is 6.55. The van der Waals surface area contributed by atoms with Crippen molar-refractivity contribution in [2.24, 2.45) is 0 Å². The number of ether oxygens (including phenoxy) is 1. The first-order valence-corrected chi connectivity index (χ1v) is 9.01. The maximum absolute atomic E-state index is 12.4. The van der Waals surface area contributed by atoms with Gasteiger partial charge in [0, 0.05) is 22.0 Å². The van der Waals surface area contributed by atoms with Gasteiger partial charge >= 0.3 is 5.97 Å². The van der Waals surface area contributed by atoms with Crippen LogP contribution in [0.3, 0.4) is 0 Å². The Kier molecular flexibility index (Phi) is 5.02. The second-order valence-electron chi connectivity index (χ2n) is 4.72. The van der Waals surface area contributed by atoms with E-state index in [2.05, 4.69) is 10.3 Å². The average Bonchev–Trinajstić information content (AvgIpc) is 3.25. The van der Waals surface area contributed by atoms with Crippen molar-refractivity contribution in [1.29, 1.82) is 0 Å². The van der Waals surface area contributed by atoms with E-state index in [9.17, 15) is 9.59 Å². The summed E-state index contributed by atoms with van der Waals surface area (Å²) in [7, 11) is 0. The number of thiophene rings is 2. The highest BCUT2D eigenvalue weighted by Gasteiger charge is 2.23. The maximum Gasteiger partial charge on any atom is 0.341 e. The second kappa shape index (κ2) is 7.37. The van der Waals surface area contributed by atoms with Crippen LogP contribution in [0.1, 0.15) is 27.8 Å². The summed E-state index contributed by atoms with van der Waals surface area (Å²) in [6, 6.07) is 8.94. The molecule has 0 saturated carbocycles. The number of amides is 1. The number of hydrogen-bond acceptors (Lipinski definition) is 6. The first kappa shape index (κ1) is 16.4. The Morgan fingerprint density at radius 1 is 1.21 bits per heavy atom. The average molecular weight is 358 g/mol. The molecule has 3 rings (SSSR count). The molecular weight excluding hydrogens is 344 g/mol. The number of rotatable bonds is 5. The van der Waals surface area contributed by atoms with Gasteiger partial charge in [-0.25, -0.2) is 4.79 Å². The van der Waals surface area contributed by atoms with E-state index in [4.69, 9.17) is 4.74 Å². The van der Waals surface area contributed by atoms with Crippen LogP contribution >= 0.6 is 22.7 Å². The summed E-state index contributed by atoms with van der Waals surface area (Å²) in [5, 5.41) is 7.03. The topological polar surface area (TPSA) is 68.3 Å².